The van der Waals surface area contributed by atoms with Crippen LogP contribution in [0, 0.1) is 0 Å². The Balaban J connectivity index is 2.00. The second-order valence-electron chi connectivity index (χ2n) is 4.28. The van der Waals surface area contributed by atoms with Crippen molar-refractivity contribution < 1.29 is 12.8 Å². The Hall–Kier alpha value is -0.880. The maximum absolute atomic E-state index is 11.3. The Labute approximate surface area is 95.2 Å². The zero-order valence-corrected chi connectivity index (χ0v) is 10.3. The first kappa shape index (κ1) is 11.6. The molecule has 1 aliphatic rings. The Bertz CT molecular complexity index is 462. The van der Waals surface area contributed by atoms with E-state index in [4.69, 9.17) is 4.42 Å². The van der Waals surface area contributed by atoms with E-state index in [0.717, 1.165) is 0 Å². The van der Waals surface area contributed by atoms with Crippen molar-refractivity contribution in [3.8, 4) is 0 Å². The molecule has 5 nitrogen and oxygen atoms in total. The van der Waals surface area contributed by atoms with Gasteiger partial charge in [0.05, 0.1) is 12.7 Å². The molecule has 0 amide bonds. The fourth-order valence-corrected chi connectivity index (χ4v) is 1.86. The molecule has 6 heteroatoms. The van der Waals surface area contributed by atoms with Crippen LogP contribution < -0.4 is 5.32 Å². The number of aromatic nitrogens is 1. The number of nitrogens with zero attached hydrogens (tertiary/aromatic N) is 1. The van der Waals surface area contributed by atoms with Crippen molar-refractivity contribution in [1.82, 2.24) is 10.3 Å². The van der Waals surface area contributed by atoms with Crippen LogP contribution in [0.25, 0.3) is 0 Å². The molecule has 0 radical (unpaired) electrons. The number of rotatable bonds is 5. The van der Waals surface area contributed by atoms with Crippen LogP contribution in [0.1, 0.15) is 36.7 Å². The smallest absolute Gasteiger partial charge is 0.208 e. The fourth-order valence-electron chi connectivity index (χ4n) is 1.32. The van der Waals surface area contributed by atoms with Gasteiger partial charge in [-0.15, -0.1) is 0 Å². The average molecular weight is 244 g/mol. The van der Waals surface area contributed by atoms with Crippen molar-refractivity contribution in [1.29, 1.82) is 0 Å². The quantitative estimate of drug-likeness (QED) is 0.837. The van der Waals surface area contributed by atoms with E-state index in [9.17, 15) is 8.42 Å². The summed E-state index contributed by atoms with van der Waals surface area (Å²) in [6, 6.07) is 0.586. The first-order valence-electron chi connectivity index (χ1n) is 5.33. The van der Waals surface area contributed by atoms with Gasteiger partial charge in [-0.25, -0.2) is 13.4 Å². The molecule has 1 N–H and O–H groups in total. The van der Waals surface area contributed by atoms with Gasteiger partial charge in [0, 0.05) is 12.3 Å². The first-order valence-corrected chi connectivity index (χ1v) is 7.29. The van der Waals surface area contributed by atoms with Gasteiger partial charge in [-0.3, -0.25) is 0 Å². The van der Waals surface area contributed by atoms with Crippen LogP contribution in [0.15, 0.2) is 10.6 Å². The third kappa shape index (κ3) is 2.82. The van der Waals surface area contributed by atoms with Gasteiger partial charge in [-0.05, 0) is 19.8 Å². The highest BCUT2D eigenvalue weighted by molar-refractivity contribution is 7.90. The predicted octanol–water partition coefficient (Wildman–Crippen LogP) is 1.03. The Kier molecular flexibility index (Phi) is 3.03. The number of hydrogen-bond acceptors (Lipinski definition) is 5. The minimum atomic E-state index is -3.12. The third-order valence-corrected chi connectivity index (χ3v) is 4.25. The Morgan fingerprint density at radius 3 is 2.88 bits per heavy atom. The summed E-state index contributed by atoms with van der Waals surface area (Å²) in [5.41, 5.74) is 0. The second kappa shape index (κ2) is 4.18. The van der Waals surface area contributed by atoms with Crippen LogP contribution in [0.2, 0.25) is 0 Å². The summed E-state index contributed by atoms with van der Waals surface area (Å²) in [6.45, 7) is 2.18. The Morgan fingerprint density at radius 2 is 2.31 bits per heavy atom. The third-order valence-electron chi connectivity index (χ3n) is 2.73. The minimum absolute atomic E-state index is 0.412. The second-order valence-corrected chi connectivity index (χ2v) is 6.65. The van der Waals surface area contributed by atoms with E-state index in [-0.39, 0.29) is 0 Å². The molecule has 2 rings (SSSR count). The highest BCUT2D eigenvalue weighted by Gasteiger charge is 2.23. The van der Waals surface area contributed by atoms with Crippen LogP contribution in [0.4, 0.5) is 0 Å². The summed E-state index contributed by atoms with van der Waals surface area (Å²) in [6.07, 6.45) is 5.10. The van der Waals surface area contributed by atoms with Crippen molar-refractivity contribution in [3.05, 3.63) is 17.8 Å². The van der Waals surface area contributed by atoms with Crippen LogP contribution in [0.5, 0.6) is 0 Å². The van der Waals surface area contributed by atoms with Crippen molar-refractivity contribution in [2.24, 2.45) is 0 Å². The topological polar surface area (TPSA) is 72.2 Å². The lowest BCUT2D eigenvalue weighted by Gasteiger charge is -2.04. The lowest BCUT2D eigenvalue weighted by atomic mass is 10.4. The molecule has 0 saturated heterocycles. The number of nitrogens with one attached hydrogen (secondary N) is 1. The van der Waals surface area contributed by atoms with Crippen LogP contribution >= 0.6 is 0 Å². The largest absolute Gasteiger partial charge is 0.443 e. The molecule has 1 atom stereocenters. The van der Waals surface area contributed by atoms with Crippen molar-refractivity contribution in [3.63, 3.8) is 0 Å². The highest BCUT2D eigenvalue weighted by Crippen LogP contribution is 2.22. The molecule has 16 heavy (non-hydrogen) atoms. The molecule has 1 fully saturated rings. The van der Waals surface area contributed by atoms with E-state index in [0.29, 0.717) is 24.2 Å². The Morgan fingerprint density at radius 1 is 1.62 bits per heavy atom. The molecule has 0 aliphatic heterocycles. The predicted molar refractivity (Wildman–Crippen MR) is 59.6 cm³/mol. The molecule has 1 heterocycles. The van der Waals surface area contributed by atoms with Crippen molar-refractivity contribution >= 4 is 9.84 Å². The molecule has 1 aromatic rings. The van der Waals surface area contributed by atoms with E-state index < -0.39 is 15.1 Å². The van der Waals surface area contributed by atoms with Crippen LogP contribution in [-0.4, -0.2) is 25.7 Å². The van der Waals surface area contributed by atoms with Gasteiger partial charge in [0.15, 0.2) is 9.84 Å². The molecule has 0 bridgehead atoms. The van der Waals surface area contributed by atoms with Crippen LogP contribution in [0.3, 0.4) is 0 Å². The monoisotopic (exact) mass is 244 g/mol. The van der Waals surface area contributed by atoms with Gasteiger partial charge in [-0.2, -0.15) is 0 Å². The molecular formula is C10H16N2O3S. The molecule has 1 aromatic heterocycles. The van der Waals surface area contributed by atoms with Gasteiger partial charge >= 0.3 is 0 Å². The minimum Gasteiger partial charge on any atom is -0.443 e. The summed E-state index contributed by atoms with van der Waals surface area (Å²) >= 11 is 0. The average Bonchev–Trinajstić information content (AvgIpc) is 2.91. The zero-order valence-electron chi connectivity index (χ0n) is 9.43. The molecule has 0 spiro atoms. The normalized spacial score (nSPS) is 18.6. The van der Waals surface area contributed by atoms with Gasteiger partial charge in [0.2, 0.25) is 5.89 Å². The SMILES string of the molecule is CC(c1cnc(CNC2CC2)o1)S(C)(=O)=O. The van der Waals surface area contributed by atoms with Crippen LogP contribution in [-0.2, 0) is 16.4 Å². The van der Waals surface area contributed by atoms with Gasteiger partial charge in [0.1, 0.15) is 11.0 Å². The molecule has 1 aliphatic carbocycles. The van der Waals surface area contributed by atoms with Crippen molar-refractivity contribution in [2.75, 3.05) is 6.26 Å². The lowest BCUT2D eigenvalue weighted by Crippen LogP contribution is -2.15. The summed E-state index contributed by atoms with van der Waals surface area (Å²) in [5, 5.41) is 2.63. The molecule has 0 aromatic carbocycles. The molecule has 1 saturated carbocycles. The van der Waals surface area contributed by atoms with E-state index in [1.807, 2.05) is 0 Å². The molecule has 90 valence electrons. The summed E-state index contributed by atoms with van der Waals surface area (Å²) in [4.78, 5) is 4.06. The maximum Gasteiger partial charge on any atom is 0.208 e. The van der Waals surface area contributed by atoms with E-state index >= 15 is 0 Å². The summed E-state index contributed by atoms with van der Waals surface area (Å²) in [7, 11) is -3.12. The van der Waals surface area contributed by atoms with Gasteiger partial charge in [0.25, 0.3) is 0 Å². The summed E-state index contributed by atoms with van der Waals surface area (Å²) in [5.74, 6) is 0.965. The molecular weight excluding hydrogens is 228 g/mol. The fraction of sp³-hybridized carbons (Fsp3) is 0.700. The van der Waals surface area contributed by atoms with Crippen molar-refractivity contribution in [2.45, 2.75) is 37.6 Å². The van der Waals surface area contributed by atoms with E-state index in [2.05, 4.69) is 10.3 Å². The highest BCUT2D eigenvalue weighted by atomic mass is 32.2. The van der Waals surface area contributed by atoms with E-state index in [1.165, 1.54) is 25.3 Å². The summed E-state index contributed by atoms with van der Waals surface area (Å²) < 4.78 is 28.0. The first-order chi connectivity index (χ1) is 7.47. The van der Waals surface area contributed by atoms with Gasteiger partial charge in [-0.1, -0.05) is 0 Å². The number of sulfone groups is 1. The zero-order chi connectivity index (χ0) is 11.8. The lowest BCUT2D eigenvalue weighted by molar-refractivity contribution is 0.432. The van der Waals surface area contributed by atoms with Gasteiger partial charge < -0.3 is 9.73 Å². The standard InChI is InChI=1S/C10H16N2O3S/c1-7(16(2,13)14)9-5-12-10(15-9)6-11-8-3-4-8/h5,7-8,11H,3-4,6H2,1-2H3. The number of hydrogen-bond donors (Lipinski definition) is 1. The van der Waals surface area contributed by atoms with E-state index in [1.54, 1.807) is 6.92 Å². The maximum atomic E-state index is 11.3. The molecule has 1 unspecified atom stereocenters. The number of oxazole rings is 1.